The molecule has 2 aliphatic rings. The molecule has 31 heavy (non-hydrogen) atoms. The van der Waals surface area contributed by atoms with Gasteiger partial charge >= 0.3 is 0 Å². The number of pyridine rings is 1. The summed E-state index contributed by atoms with van der Waals surface area (Å²) in [5, 5.41) is 12.6. The van der Waals surface area contributed by atoms with Crippen LogP contribution in [-0.4, -0.2) is 24.6 Å². The highest BCUT2D eigenvalue weighted by atomic mass is 16.5. The number of nitrogens with one attached hydrogen (secondary N) is 1. The normalized spacial score (nSPS) is 18.5. The Kier molecular flexibility index (Phi) is 5.10. The van der Waals surface area contributed by atoms with Crippen molar-refractivity contribution in [1.29, 1.82) is 5.26 Å². The number of methoxy groups -OCH3 is 1. The zero-order chi connectivity index (χ0) is 22.3. The second kappa shape index (κ2) is 7.62. The Morgan fingerprint density at radius 3 is 2.74 bits per heavy atom. The maximum atomic E-state index is 12.6. The molecule has 4 rings (SSSR count). The third-order valence-corrected chi connectivity index (χ3v) is 6.16. The molecule has 7 heteroatoms. The fourth-order valence-electron chi connectivity index (χ4n) is 4.03. The molecule has 1 saturated carbocycles. The smallest absolute Gasteiger partial charge is 0.247 e. The van der Waals surface area contributed by atoms with Crippen molar-refractivity contribution in [2.24, 2.45) is 11.1 Å². The van der Waals surface area contributed by atoms with Gasteiger partial charge in [0.1, 0.15) is 5.75 Å². The molecule has 1 fully saturated rings. The molecular formula is C24H26N4O3. The average Bonchev–Trinajstić information content (AvgIpc) is 3.49. The number of nitrogens with two attached hydrogens (primary N) is 1. The first-order valence-corrected chi connectivity index (χ1v) is 10.3. The number of nitriles is 1. The molecule has 0 spiro atoms. The van der Waals surface area contributed by atoms with Gasteiger partial charge in [-0.3, -0.25) is 4.79 Å². The molecule has 2 aromatic rings. The lowest BCUT2D eigenvalue weighted by Crippen LogP contribution is -2.29. The number of hydrogen-bond acceptors (Lipinski definition) is 6. The molecule has 1 unspecified atom stereocenters. The van der Waals surface area contributed by atoms with Gasteiger partial charge in [-0.25, -0.2) is 4.98 Å². The SMILES string of the molecule is COc1cc(C#N)ccc1C1C(C(N)=O)=C(C)Nc2c(C)cnc(OCC3(C)CC3)c21. The monoisotopic (exact) mass is 418 g/mol. The van der Waals surface area contributed by atoms with E-state index >= 15 is 0 Å². The van der Waals surface area contributed by atoms with Gasteiger partial charge in [0.2, 0.25) is 11.8 Å². The van der Waals surface area contributed by atoms with Crippen LogP contribution >= 0.6 is 0 Å². The predicted molar refractivity (Wildman–Crippen MR) is 117 cm³/mol. The van der Waals surface area contributed by atoms with Crippen molar-refractivity contribution in [3.63, 3.8) is 0 Å². The topological polar surface area (TPSA) is 110 Å². The molecule has 2 heterocycles. The van der Waals surface area contributed by atoms with Gasteiger partial charge in [-0.15, -0.1) is 0 Å². The van der Waals surface area contributed by atoms with E-state index in [0.717, 1.165) is 35.2 Å². The van der Waals surface area contributed by atoms with E-state index in [9.17, 15) is 10.1 Å². The molecule has 1 aliphatic heterocycles. The number of benzene rings is 1. The number of carbonyl (C=O) groups is 1. The van der Waals surface area contributed by atoms with E-state index in [0.29, 0.717) is 35.1 Å². The van der Waals surface area contributed by atoms with Crippen molar-refractivity contribution < 1.29 is 14.3 Å². The lowest BCUT2D eigenvalue weighted by molar-refractivity contribution is -0.114. The van der Waals surface area contributed by atoms with E-state index < -0.39 is 11.8 Å². The van der Waals surface area contributed by atoms with Crippen molar-refractivity contribution >= 4 is 11.6 Å². The number of nitrogens with zero attached hydrogens (tertiary/aromatic N) is 2. The number of fused-ring (bicyclic) bond motifs is 1. The third-order valence-electron chi connectivity index (χ3n) is 6.16. The van der Waals surface area contributed by atoms with E-state index in [-0.39, 0.29) is 5.41 Å². The van der Waals surface area contributed by atoms with Crippen LogP contribution in [0.15, 0.2) is 35.7 Å². The molecule has 160 valence electrons. The Hall–Kier alpha value is -3.53. The van der Waals surface area contributed by atoms with Crippen molar-refractivity contribution in [1.82, 2.24) is 4.98 Å². The number of amides is 1. The molecular weight excluding hydrogens is 392 g/mol. The van der Waals surface area contributed by atoms with Crippen molar-refractivity contribution in [2.45, 2.75) is 39.5 Å². The molecule has 3 N–H and O–H groups in total. The standard InChI is InChI=1S/C24H26N4O3/c1-13-11-27-23(31-12-24(3)7-8-24)20-19(18(22(26)29)14(2)28-21(13)20)16-6-5-15(10-25)9-17(16)30-4/h5-6,9,11,19,28H,7-8,12H2,1-4H3,(H2,26,29). The van der Waals surface area contributed by atoms with Crippen LogP contribution in [0.25, 0.3) is 0 Å². The molecule has 7 nitrogen and oxygen atoms in total. The van der Waals surface area contributed by atoms with Crippen LogP contribution in [0.3, 0.4) is 0 Å². The predicted octanol–water partition coefficient (Wildman–Crippen LogP) is 3.77. The third kappa shape index (κ3) is 3.70. The van der Waals surface area contributed by atoms with Gasteiger partial charge in [-0.1, -0.05) is 13.0 Å². The summed E-state index contributed by atoms with van der Waals surface area (Å²) in [4.78, 5) is 17.2. The summed E-state index contributed by atoms with van der Waals surface area (Å²) in [6.45, 7) is 6.53. The molecule has 1 aromatic heterocycles. The maximum Gasteiger partial charge on any atom is 0.247 e. The molecule has 1 atom stereocenters. The number of aromatic nitrogens is 1. The second-order valence-corrected chi connectivity index (χ2v) is 8.66. The van der Waals surface area contributed by atoms with Crippen LogP contribution < -0.4 is 20.5 Å². The largest absolute Gasteiger partial charge is 0.496 e. The van der Waals surface area contributed by atoms with Crippen LogP contribution in [0.5, 0.6) is 11.6 Å². The fourth-order valence-corrected chi connectivity index (χ4v) is 4.03. The van der Waals surface area contributed by atoms with Crippen LogP contribution in [0, 0.1) is 23.7 Å². The fraction of sp³-hybridized carbons (Fsp3) is 0.375. The lowest BCUT2D eigenvalue weighted by atomic mass is 9.79. The van der Waals surface area contributed by atoms with Crippen LogP contribution in [-0.2, 0) is 4.79 Å². The quantitative estimate of drug-likeness (QED) is 0.739. The highest BCUT2D eigenvalue weighted by Crippen LogP contribution is 2.50. The highest BCUT2D eigenvalue weighted by molar-refractivity contribution is 5.98. The van der Waals surface area contributed by atoms with E-state index in [4.69, 9.17) is 15.2 Å². The second-order valence-electron chi connectivity index (χ2n) is 8.66. The van der Waals surface area contributed by atoms with Gasteiger partial charge in [-0.05, 0) is 44.4 Å². The lowest BCUT2D eigenvalue weighted by Gasteiger charge is -2.32. The Bertz CT molecular complexity index is 1140. The first-order valence-electron chi connectivity index (χ1n) is 10.3. The Labute approximate surface area is 181 Å². The van der Waals surface area contributed by atoms with Gasteiger partial charge in [-0.2, -0.15) is 5.26 Å². The molecule has 0 bridgehead atoms. The first kappa shape index (κ1) is 20.7. The Morgan fingerprint density at radius 2 is 2.13 bits per heavy atom. The van der Waals surface area contributed by atoms with Gasteiger partial charge < -0.3 is 20.5 Å². The van der Waals surface area contributed by atoms with Crippen LogP contribution in [0.1, 0.15) is 54.9 Å². The number of ether oxygens (including phenoxy) is 2. The van der Waals surface area contributed by atoms with E-state index in [1.165, 1.54) is 0 Å². The van der Waals surface area contributed by atoms with Gasteiger partial charge in [0.05, 0.1) is 42.5 Å². The number of allylic oxidation sites excluding steroid dienone is 1. The van der Waals surface area contributed by atoms with Gasteiger partial charge in [0.25, 0.3) is 0 Å². The zero-order valence-corrected chi connectivity index (χ0v) is 18.2. The molecule has 1 aromatic carbocycles. The summed E-state index contributed by atoms with van der Waals surface area (Å²) in [6.07, 6.45) is 4.02. The van der Waals surface area contributed by atoms with E-state index in [1.54, 1.807) is 25.4 Å². The van der Waals surface area contributed by atoms with Gasteiger partial charge in [0, 0.05) is 28.4 Å². The summed E-state index contributed by atoms with van der Waals surface area (Å²) in [7, 11) is 1.54. The Balaban J connectivity index is 1.94. The van der Waals surface area contributed by atoms with Crippen LogP contribution in [0.2, 0.25) is 0 Å². The number of rotatable bonds is 6. The summed E-state index contributed by atoms with van der Waals surface area (Å²) in [6, 6.07) is 7.31. The minimum absolute atomic E-state index is 0.168. The van der Waals surface area contributed by atoms with Gasteiger partial charge in [0.15, 0.2) is 0 Å². The summed E-state index contributed by atoms with van der Waals surface area (Å²) in [5.74, 6) is -0.0894. The number of aryl methyl sites for hydroxylation is 1. The van der Waals surface area contributed by atoms with E-state index in [2.05, 4.69) is 23.3 Å². The number of hydrogen-bond donors (Lipinski definition) is 2. The minimum Gasteiger partial charge on any atom is -0.496 e. The summed E-state index contributed by atoms with van der Waals surface area (Å²) < 4.78 is 11.8. The molecule has 1 aliphatic carbocycles. The Morgan fingerprint density at radius 1 is 1.39 bits per heavy atom. The van der Waals surface area contributed by atoms with Crippen LogP contribution in [0.4, 0.5) is 5.69 Å². The van der Waals surface area contributed by atoms with Crippen molar-refractivity contribution in [3.8, 4) is 17.7 Å². The molecule has 0 radical (unpaired) electrons. The number of carbonyl (C=O) groups excluding carboxylic acids is 1. The number of anilines is 1. The minimum atomic E-state index is -0.536. The summed E-state index contributed by atoms with van der Waals surface area (Å²) in [5.41, 5.74) is 10.8. The van der Waals surface area contributed by atoms with E-state index in [1.807, 2.05) is 19.9 Å². The molecule has 0 saturated heterocycles. The number of primary amides is 1. The van der Waals surface area contributed by atoms with Crippen molar-refractivity contribution in [2.75, 3.05) is 19.0 Å². The highest BCUT2D eigenvalue weighted by Gasteiger charge is 2.40. The average molecular weight is 418 g/mol. The summed E-state index contributed by atoms with van der Waals surface area (Å²) >= 11 is 0. The maximum absolute atomic E-state index is 12.6. The molecule has 1 amide bonds. The van der Waals surface area contributed by atoms with Crippen molar-refractivity contribution in [3.05, 3.63) is 57.9 Å². The first-order chi connectivity index (χ1) is 14.8. The zero-order valence-electron chi connectivity index (χ0n) is 18.2.